The number of furan rings is 4. The van der Waals surface area contributed by atoms with Crippen molar-refractivity contribution in [2.24, 2.45) is 0 Å². The molecule has 0 spiro atoms. The number of fused-ring (bicyclic) bond motifs is 16. The topological polar surface area (TPSA) is 59.0 Å². The molecule has 0 saturated carbocycles. The van der Waals surface area contributed by atoms with Crippen LogP contribution in [0.25, 0.3) is 199 Å². The fourth-order valence-corrected chi connectivity index (χ4v) is 21.5. The van der Waals surface area contributed by atoms with Crippen LogP contribution in [-0.4, -0.2) is 6.71 Å². The summed E-state index contributed by atoms with van der Waals surface area (Å²) in [6.45, 7) is 20.9. The summed E-state index contributed by atoms with van der Waals surface area (Å²) in [6, 6.07) is 150. The molecule has 0 fully saturated rings. The minimum Gasteiger partial charge on any atom is -0.456 e. The summed E-state index contributed by atoms with van der Waals surface area (Å²) in [4.78, 5) is 5.49. The maximum absolute atomic E-state index is 7.11. The van der Waals surface area contributed by atoms with E-state index in [2.05, 4.69) is 472 Å². The lowest BCUT2D eigenvalue weighted by atomic mass is 9.33. The molecule has 0 saturated heterocycles. The molecular weight excluding hydrogens is 1620 g/mol. The third kappa shape index (κ3) is 13.1. The molecule has 7 heteroatoms. The van der Waals surface area contributed by atoms with E-state index in [4.69, 9.17) is 17.7 Å². The number of rotatable bonds is 12. The van der Waals surface area contributed by atoms with Crippen molar-refractivity contribution < 1.29 is 17.7 Å². The highest BCUT2D eigenvalue weighted by Gasteiger charge is 2.47. The first-order valence-electron chi connectivity index (χ1n) is 46.4. The van der Waals surface area contributed by atoms with Crippen LogP contribution < -0.4 is 26.2 Å². The third-order valence-electron chi connectivity index (χ3n) is 28.1. The van der Waals surface area contributed by atoms with Gasteiger partial charge < -0.3 is 27.5 Å². The Bertz CT molecular complexity index is 8320. The van der Waals surface area contributed by atoms with Gasteiger partial charge in [0.15, 0.2) is 0 Å². The van der Waals surface area contributed by atoms with Crippen LogP contribution in [0.2, 0.25) is 0 Å². The Labute approximate surface area is 774 Å². The molecule has 25 rings (SSSR count). The molecule has 6 heterocycles. The predicted molar refractivity (Wildman–Crippen MR) is 560 cm³/mol. The number of benzene rings is 19. The maximum atomic E-state index is 7.11. The first-order chi connectivity index (χ1) is 64.8. The summed E-state index contributed by atoms with van der Waals surface area (Å²) in [5.74, 6) is 0. The molecule has 0 aliphatic carbocycles. The van der Waals surface area contributed by atoms with E-state index >= 15 is 0 Å². The quantitative estimate of drug-likeness (QED) is 0.114. The molecular formula is C126H93BN2O4. The van der Waals surface area contributed by atoms with E-state index in [1.807, 2.05) is 0 Å². The van der Waals surface area contributed by atoms with Gasteiger partial charge in [-0.1, -0.05) is 329 Å². The fourth-order valence-electron chi connectivity index (χ4n) is 21.5. The van der Waals surface area contributed by atoms with Gasteiger partial charge in [0.25, 0.3) is 6.71 Å². The Kier molecular flexibility index (Phi) is 18.1. The Morgan fingerprint density at radius 3 is 0.805 bits per heavy atom. The lowest BCUT2D eigenvalue weighted by Gasteiger charge is -2.46. The van der Waals surface area contributed by atoms with E-state index in [1.165, 1.54) is 16.7 Å². The average molecular weight is 1710 g/mol. The van der Waals surface area contributed by atoms with Crippen molar-refractivity contribution in [3.8, 4) is 111 Å². The highest BCUT2D eigenvalue weighted by molar-refractivity contribution is 7.00. The van der Waals surface area contributed by atoms with Crippen LogP contribution in [0.5, 0.6) is 0 Å². The van der Waals surface area contributed by atoms with Gasteiger partial charge in [-0.25, -0.2) is 0 Å². The summed E-state index contributed by atoms with van der Waals surface area (Å²) in [5, 5.41) is 8.33. The molecule has 23 aromatic rings. The molecule has 133 heavy (non-hydrogen) atoms. The molecule has 0 N–H and O–H groups in total. The van der Waals surface area contributed by atoms with Crippen LogP contribution in [0.4, 0.5) is 34.1 Å². The number of para-hydroxylation sites is 4. The summed E-state index contributed by atoms with van der Waals surface area (Å²) in [7, 11) is 0. The summed E-state index contributed by atoms with van der Waals surface area (Å²) >= 11 is 0. The van der Waals surface area contributed by atoms with Gasteiger partial charge in [-0.05, 0) is 272 Å². The smallest absolute Gasteiger partial charge is 0.252 e. The fraction of sp³-hybridized carbons (Fsp3) is 0.0952. The number of hydrogen-bond acceptors (Lipinski definition) is 6. The Morgan fingerprint density at radius 1 is 0.188 bits per heavy atom. The van der Waals surface area contributed by atoms with Crippen LogP contribution in [0.1, 0.15) is 79.0 Å². The molecule has 0 amide bonds. The van der Waals surface area contributed by atoms with Crippen LogP contribution in [0.15, 0.2) is 418 Å². The summed E-state index contributed by atoms with van der Waals surface area (Å²) in [5.41, 5.74) is 40.3. The number of anilines is 6. The second-order valence-corrected chi connectivity index (χ2v) is 39.3. The van der Waals surface area contributed by atoms with Crippen molar-refractivity contribution >= 4 is 145 Å². The van der Waals surface area contributed by atoms with Crippen LogP contribution in [-0.2, 0) is 16.2 Å². The van der Waals surface area contributed by atoms with Gasteiger partial charge in [0, 0.05) is 88.1 Å². The minimum absolute atomic E-state index is 0.336. The third-order valence-corrected chi connectivity index (χ3v) is 28.1. The summed E-state index contributed by atoms with van der Waals surface area (Å²) in [6.07, 6.45) is 0. The van der Waals surface area contributed by atoms with Crippen molar-refractivity contribution in [2.75, 3.05) is 9.80 Å². The SMILES string of the molecule is CC(C)(C)c1cc(-c2cccc3oc4ccccc4c23)c(N2c3ccc(-c4cc(-c5ccccc5)cc(-c5ccccc5)c4)cc3B3c4ccc(C(C)(C)C)cc4N(c4c(-c5cccc6oc7ccccc7c56)cc(C(C)(C)C)cc4-c4cccc5oc6ccccc6c45)c4cc(-c5cc(-c6ccccc6)cc(-c6ccccc6)c5)cc2c43)c(-c2cccc3oc4ccccc4c23)c1. The molecule has 19 aromatic carbocycles. The van der Waals surface area contributed by atoms with Gasteiger partial charge in [0.1, 0.15) is 44.7 Å². The minimum atomic E-state index is -0.432. The van der Waals surface area contributed by atoms with Crippen molar-refractivity contribution in [3.05, 3.63) is 417 Å². The number of nitrogens with zero attached hydrogens (tertiary/aromatic N) is 2. The standard InChI is InChI=1S/C126H93BN2O4/c1-124(2,3)88-59-60-103-106(75-88)129(123-101(93-48-32-56-115-119(93)97-44-24-28-52-111(97)132-115)73-90(126(7,8)9)74-102(123)94-49-33-57-116-120(94)98-45-25-29-53-112(98)133-116)108-70-87(86-66-83(78-38-18-12-19-39-78)63-84(67-86)79-40-20-13-21-41-79)69-107-121(108)127(103)104-68-80(85-64-81(76-34-14-10-15-35-76)62-82(65-85)77-36-16-11-17-37-77)58-61-105(104)128(107)122-99(91-46-30-54-113-117(91)95-42-22-26-50-109(95)130-113)71-89(125(4,5)6)72-100(122)92-47-31-55-114-118(92)96-43-23-27-51-110(96)131-114/h10-75H,1-9H3. The Morgan fingerprint density at radius 2 is 0.474 bits per heavy atom. The van der Waals surface area contributed by atoms with Crippen molar-refractivity contribution in [3.63, 3.8) is 0 Å². The monoisotopic (exact) mass is 1710 g/mol. The highest BCUT2D eigenvalue weighted by atomic mass is 16.3. The second kappa shape index (κ2) is 30.3. The van der Waals surface area contributed by atoms with Gasteiger partial charge >= 0.3 is 0 Å². The van der Waals surface area contributed by atoms with E-state index in [-0.39, 0.29) is 16.2 Å². The molecule has 0 radical (unpaired) electrons. The first kappa shape index (κ1) is 79.2. The van der Waals surface area contributed by atoms with Gasteiger partial charge in [0.2, 0.25) is 0 Å². The van der Waals surface area contributed by atoms with Gasteiger partial charge in [0.05, 0.1) is 11.4 Å². The van der Waals surface area contributed by atoms with Gasteiger partial charge in [-0.3, -0.25) is 0 Å². The molecule has 2 aliphatic heterocycles. The van der Waals surface area contributed by atoms with Gasteiger partial charge in [-0.2, -0.15) is 0 Å². The zero-order chi connectivity index (χ0) is 89.4. The highest BCUT2D eigenvalue weighted by Crippen LogP contribution is 2.59. The largest absolute Gasteiger partial charge is 0.456 e. The van der Waals surface area contributed by atoms with E-state index in [0.717, 1.165) is 250 Å². The molecule has 634 valence electrons. The molecule has 0 atom stereocenters. The zero-order valence-electron chi connectivity index (χ0n) is 75.7. The molecule has 4 aromatic heterocycles. The molecule has 0 bridgehead atoms. The van der Waals surface area contributed by atoms with Crippen molar-refractivity contribution in [1.82, 2.24) is 0 Å². The van der Waals surface area contributed by atoms with Crippen LogP contribution in [0, 0.1) is 0 Å². The Balaban J connectivity index is 0.908. The lowest BCUT2D eigenvalue weighted by molar-refractivity contribution is 0.590. The van der Waals surface area contributed by atoms with E-state index in [9.17, 15) is 0 Å². The van der Waals surface area contributed by atoms with Gasteiger partial charge in [-0.15, -0.1) is 0 Å². The maximum Gasteiger partial charge on any atom is 0.252 e. The normalized spacial score (nSPS) is 12.8. The van der Waals surface area contributed by atoms with E-state index < -0.39 is 6.71 Å². The average Bonchev–Trinajstić information content (AvgIpc) is 0.907. The first-order valence-corrected chi connectivity index (χ1v) is 46.4. The van der Waals surface area contributed by atoms with Crippen LogP contribution >= 0.6 is 0 Å². The van der Waals surface area contributed by atoms with Crippen LogP contribution in [0.3, 0.4) is 0 Å². The summed E-state index contributed by atoms with van der Waals surface area (Å²) < 4.78 is 28.4. The Hall–Kier alpha value is -16.0. The number of hydrogen-bond donors (Lipinski definition) is 0. The molecule has 0 unspecified atom stereocenters. The van der Waals surface area contributed by atoms with Crippen molar-refractivity contribution in [1.29, 1.82) is 0 Å². The van der Waals surface area contributed by atoms with E-state index in [1.54, 1.807) is 0 Å². The predicted octanol–water partition coefficient (Wildman–Crippen LogP) is 33.9. The molecule has 2 aliphatic rings. The zero-order valence-corrected chi connectivity index (χ0v) is 75.7. The van der Waals surface area contributed by atoms with E-state index in [0.29, 0.717) is 0 Å². The van der Waals surface area contributed by atoms with Crippen molar-refractivity contribution in [2.45, 2.75) is 78.6 Å². The second-order valence-electron chi connectivity index (χ2n) is 39.3. The molecule has 6 nitrogen and oxygen atoms in total. The lowest BCUT2D eigenvalue weighted by Crippen LogP contribution is -2.61.